The Morgan fingerprint density at radius 1 is 1.00 bits per heavy atom. The first-order valence-corrected chi connectivity index (χ1v) is 10.8. The molecule has 1 aromatic heterocycles. The lowest BCUT2D eigenvalue weighted by Crippen LogP contribution is -2.40. The average Bonchev–Trinajstić information content (AvgIpc) is 3.17. The maximum absolute atomic E-state index is 12.9. The summed E-state index contributed by atoms with van der Waals surface area (Å²) in [6, 6.07) is 18.7. The highest BCUT2D eigenvalue weighted by molar-refractivity contribution is 5.96. The van der Waals surface area contributed by atoms with Crippen molar-refractivity contribution in [3.05, 3.63) is 71.9 Å². The SMILES string of the molecule is CCN(CC(=O)Nc1cc(C(C)(C)C)nn1-c1ccc(C)cc1)C(=O)Nc1ccccc1. The second-order valence-electron chi connectivity index (χ2n) is 8.77. The number of likely N-dealkylation sites (N-methyl/N-ethyl adjacent to an activating group) is 1. The van der Waals surface area contributed by atoms with Crippen LogP contribution < -0.4 is 10.6 Å². The van der Waals surface area contributed by atoms with Gasteiger partial charge in [0.05, 0.1) is 11.4 Å². The van der Waals surface area contributed by atoms with Crippen LogP contribution in [0.3, 0.4) is 0 Å². The van der Waals surface area contributed by atoms with Crippen molar-refractivity contribution in [1.29, 1.82) is 0 Å². The Morgan fingerprint density at radius 2 is 1.66 bits per heavy atom. The Labute approximate surface area is 189 Å². The van der Waals surface area contributed by atoms with E-state index in [1.165, 1.54) is 4.90 Å². The van der Waals surface area contributed by atoms with E-state index in [2.05, 4.69) is 31.4 Å². The van der Waals surface area contributed by atoms with Crippen LogP contribution in [0.5, 0.6) is 0 Å². The van der Waals surface area contributed by atoms with Crippen molar-refractivity contribution in [3.63, 3.8) is 0 Å². The molecule has 0 radical (unpaired) electrons. The van der Waals surface area contributed by atoms with Crippen LogP contribution in [-0.4, -0.2) is 39.7 Å². The maximum Gasteiger partial charge on any atom is 0.322 e. The monoisotopic (exact) mass is 433 g/mol. The zero-order valence-electron chi connectivity index (χ0n) is 19.3. The molecule has 2 N–H and O–H groups in total. The van der Waals surface area contributed by atoms with E-state index in [4.69, 9.17) is 5.10 Å². The molecule has 0 saturated heterocycles. The van der Waals surface area contributed by atoms with Crippen LogP contribution in [0.1, 0.15) is 39.0 Å². The number of carbonyl (C=O) groups excluding carboxylic acids is 2. The Morgan fingerprint density at radius 3 is 2.25 bits per heavy atom. The molecule has 0 saturated carbocycles. The number of hydrogen-bond donors (Lipinski definition) is 2. The summed E-state index contributed by atoms with van der Waals surface area (Å²) in [6.45, 7) is 10.4. The second-order valence-corrected chi connectivity index (χ2v) is 8.77. The molecule has 2 aromatic carbocycles. The molecule has 0 bridgehead atoms. The summed E-state index contributed by atoms with van der Waals surface area (Å²) >= 11 is 0. The zero-order valence-corrected chi connectivity index (χ0v) is 19.3. The molecule has 3 aromatic rings. The van der Waals surface area contributed by atoms with Crippen LogP contribution in [-0.2, 0) is 10.2 Å². The number of nitrogens with one attached hydrogen (secondary N) is 2. The van der Waals surface area contributed by atoms with Gasteiger partial charge < -0.3 is 15.5 Å². The Balaban J connectivity index is 1.77. The van der Waals surface area contributed by atoms with E-state index in [0.717, 1.165) is 16.9 Å². The van der Waals surface area contributed by atoms with Gasteiger partial charge in [0.1, 0.15) is 12.4 Å². The lowest BCUT2D eigenvalue weighted by molar-refractivity contribution is -0.116. The first-order chi connectivity index (χ1) is 15.2. The number of amides is 3. The minimum absolute atomic E-state index is 0.0703. The molecular weight excluding hydrogens is 402 g/mol. The van der Waals surface area contributed by atoms with Gasteiger partial charge in [0, 0.05) is 23.7 Å². The number of anilines is 2. The number of benzene rings is 2. The van der Waals surface area contributed by atoms with Crippen LogP contribution in [0.4, 0.5) is 16.3 Å². The quantitative estimate of drug-likeness (QED) is 0.576. The Kier molecular flexibility index (Phi) is 6.98. The van der Waals surface area contributed by atoms with Crippen molar-refractivity contribution in [1.82, 2.24) is 14.7 Å². The number of carbonyl (C=O) groups is 2. The van der Waals surface area contributed by atoms with E-state index < -0.39 is 0 Å². The van der Waals surface area contributed by atoms with E-state index in [9.17, 15) is 9.59 Å². The van der Waals surface area contributed by atoms with Crippen molar-refractivity contribution in [2.24, 2.45) is 0 Å². The van der Waals surface area contributed by atoms with Gasteiger partial charge in [-0.05, 0) is 38.1 Å². The van der Waals surface area contributed by atoms with Crippen molar-refractivity contribution in [2.75, 3.05) is 23.7 Å². The lowest BCUT2D eigenvalue weighted by atomic mass is 9.92. The zero-order chi connectivity index (χ0) is 23.3. The highest BCUT2D eigenvalue weighted by Gasteiger charge is 2.22. The van der Waals surface area contributed by atoms with E-state index in [0.29, 0.717) is 18.1 Å². The van der Waals surface area contributed by atoms with E-state index in [-0.39, 0.29) is 23.9 Å². The fourth-order valence-electron chi connectivity index (χ4n) is 3.13. The minimum atomic E-state index is -0.323. The van der Waals surface area contributed by atoms with E-state index in [1.54, 1.807) is 16.8 Å². The average molecular weight is 434 g/mol. The van der Waals surface area contributed by atoms with Gasteiger partial charge in [-0.3, -0.25) is 4.79 Å². The van der Waals surface area contributed by atoms with Crippen LogP contribution in [0.25, 0.3) is 5.69 Å². The van der Waals surface area contributed by atoms with Crippen LogP contribution in [0, 0.1) is 6.92 Å². The third-order valence-corrected chi connectivity index (χ3v) is 5.05. The van der Waals surface area contributed by atoms with Gasteiger partial charge in [0.2, 0.25) is 5.91 Å². The number of aromatic nitrogens is 2. The summed E-state index contributed by atoms with van der Waals surface area (Å²) < 4.78 is 1.73. The van der Waals surface area contributed by atoms with Crippen molar-refractivity contribution >= 4 is 23.4 Å². The minimum Gasteiger partial charge on any atom is -0.315 e. The Bertz CT molecular complexity index is 1070. The van der Waals surface area contributed by atoms with Crippen molar-refractivity contribution < 1.29 is 9.59 Å². The van der Waals surface area contributed by atoms with E-state index in [1.807, 2.05) is 62.4 Å². The molecule has 0 unspecified atom stereocenters. The number of hydrogen-bond acceptors (Lipinski definition) is 3. The molecule has 3 amide bonds. The van der Waals surface area contributed by atoms with Crippen LogP contribution in [0.2, 0.25) is 0 Å². The summed E-state index contributed by atoms with van der Waals surface area (Å²) in [7, 11) is 0. The molecule has 0 atom stereocenters. The molecule has 3 rings (SSSR count). The lowest BCUT2D eigenvalue weighted by Gasteiger charge is -2.21. The van der Waals surface area contributed by atoms with Gasteiger partial charge in [-0.2, -0.15) is 5.10 Å². The smallest absolute Gasteiger partial charge is 0.315 e. The number of urea groups is 1. The summed E-state index contributed by atoms with van der Waals surface area (Å²) in [5.41, 5.74) is 3.37. The number of nitrogens with zero attached hydrogens (tertiary/aromatic N) is 3. The summed E-state index contributed by atoms with van der Waals surface area (Å²) in [6.07, 6.45) is 0. The van der Waals surface area contributed by atoms with Gasteiger partial charge >= 0.3 is 6.03 Å². The molecule has 0 fully saturated rings. The van der Waals surface area contributed by atoms with Crippen LogP contribution >= 0.6 is 0 Å². The van der Waals surface area contributed by atoms with Gasteiger partial charge in [0.25, 0.3) is 0 Å². The topological polar surface area (TPSA) is 79.3 Å². The number of rotatable bonds is 6. The Hall–Kier alpha value is -3.61. The van der Waals surface area contributed by atoms with Gasteiger partial charge in [-0.15, -0.1) is 0 Å². The number of aryl methyl sites for hydroxylation is 1. The maximum atomic E-state index is 12.9. The van der Waals surface area contributed by atoms with Gasteiger partial charge in [0.15, 0.2) is 0 Å². The molecule has 0 aliphatic heterocycles. The fraction of sp³-hybridized carbons (Fsp3) is 0.320. The highest BCUT2D eigenvalue weighted by atomic mass is 16.2. The van der Waals surface area contributed by atoms with Crippen LogP contribution in [0.15, 0.2) is 60.7 Å². The molecule has 168 valence electrons. The molecule has 7 nitrogen and oxygen atoms in total. The van der Waals surface area contributed by atoms with Crippen molar-refractivity contribution in [2.45, 2.75) is 40.0 Å². The molecule has 7 heteroatoms. The molecule has 32 heavy (non-hydrogen) atoms. The molecule has 0 spiro atoms. The third kappa shape index (κ3) is 5.75. The third-order valence-electron chi connectivity index (χ3n) is 5.05. The van der Waals surface area contributed by atoms with Gasteiger partial charge in [-0.1, -0.05) is 56.7 Å². The highest BCUT2D eigenvalue weighted by Crippen LogP contribution is 2.26. The fourth-order valence-corrected chi connectivity index (χ4v) is 3.13. The van der Waals surface area contributed by atoms with Crippen molar-refractivity contribution in [3.8, 4) is 5.69 Å². The summed E-state index contributed by atoms with van der Waals surface area (Å²) in [4.78, 5) is 26.9. The molecule has 1 heterocycles. The van der Waals surface area contributed by atoms with E-state index >= 15 is 0 Å². The predicted octanol–water partition coefficient (Wildman–Crippen LogP) is 4.97. The molecular formula is C25H31N5O2. The summed E-state index contributed by atoms with van der Waals surface area (Å²) in [5.74, 6) is 0.284. The standard InChI is InChI=1S/C25H31N5O2/c1-6-29(24(32)26-19-10-8-7-9-11-19)17-23(31)27-22-16-21(25(3,4)5)28-30(22)20-14-12-18(2)13-15-20/h7-16H,6,17H2,1-5H3,(H,26,32)(H,27,31). The first kappa shape index (κ1) is 23.1. The normalized spacial score (nSPS) is 11.2. The summed E-state index contributed by atoms with van der Waals surface area (Å²) in [5, 5.41) is 10.5. The first-order valence-electron chi connectivity index (χ1n) is 10.8. The molecule has 0 aliphatic rings. The second kappa shape index (κ2) is 9.68. The number of para-hydroxylation sites is 1. The predicted molar refractivity (Wildman–Crippen MR) is 128 cm³/mol. The molecule has 0 aliphatic carbocycles. The van der Waals surface area contributed by atoms with Gasteiger partial charge in [-0.25, -0.2) is 9.48 Å². The largest absolute Gasteiger partial charge is 0.322 e.